The molecule has 0 aliphatic carbocycles. The fourth-order valence-electron chi connectivity index (χ4n) is 1.35. The molecule has 0 bridgehead atoms. The van der Waals surface area contributed by atoms with Gasteiger partial charge >= 0.3 is 0 Å². The highest BCUT2D eigenvalue weighted by molar-refractivity contribution is 5.81. The molecule has 0 fully saturated rings. The lowest BCUT2D eigenvalue weighted by atomic mass is 9.90. The molecule has 0 N–H and O–H groups in total. The Balaban J connectivity index is 2.63. The Morgan fingerprint density at radius 3 is 2.55 bits per heavy atom. The highest BCUT2D eigenvalue weighted by Crippen LogP contribution is 2.25. The van der Waals surface area contributed by atoms with Crippen LogP contribution >= 0.6 is 0 Å². The average molecular weight is 154 g/mol. The van der Waals surface area contributed by atoms with E-state index in [9.17, 15) is 4.79 Å². The summed E-state index contributed by atoms with van der Waals surface area (Å²) in [6.07, 6.45) is 3.38. The molecule has 1 heterocycles. The molecule has 11 heavy (non-hydrogen) atoms. The van der Waals surface area contributed by atoms with Crippen LogP contribution in [0.15, 0.2) is 12.3 Å². The third-order valence-electron chi connectivity index (χ3n) is 2.05. The number of ether oxygens (including phenoxy) is 1. The molecule has 2 atom stereocenters. The molecule has 0 aromatic carbocycles. The van der Waals surface area contributed by atoms with Gasteiger partial charge in [0.25, 0.3) is 0 Å². The molecular formula is C9H14O2. The molecule has 2 unspecified atom stereocenters. The Hall–Kier alpha value is -0.790. The molecule has 62 valence electrons. The molecule has 0 radical (unpaired) electrons. The van der Waals surface area contributed by atoms with Crippen molar-refractivity contribution in [1.29, 1.82) is 0 Å². The Morgan fingerprint density at radius 1 is 1.55 bits per heavy atom. The first kappa shape index (κ1) is 8.31. The van der Waals surface area contributed by atoms with Crippen LogP contribution in [0.1, 0.15) is 20.8 Å². The van der Waals surface area contributed by atoms with E-state index in [1.165, 1.54) is 0 Å². The average Bonchev–Trinajstić information content (AvgIpc) is 2.32. The minimum atomic E-state index is -0.227. The third kappa shape index (κ3) is 1.62. The van der Waals surface area contributed by atoms with E-state index in [0.29, 0.717) is 5.92 Å². The van der Waals surface area contributed by atoms with Crippen molar-refractivity contribution in [2.75, 3.05) is 0 Å². The first-order valence-corrected chi connectivity index (χ1v) is 3.95. The maximum Gasteiger partial charge on any atom is 0.170 e. The van der Waals surface area contributed by atoms with Gasteiger partial charge < -0.3 is 4.74 Å². The van der Waals surface area contributed by atoms with Crippen LogP contribution in [0.2, 0.25) is 0 Å². The summed E-state index contributed by atoms with van der Waals surface area (Å²) in [5, 5.41) is 0. The number of ketones is 1. The molecule has 0 saturated carbocycles. The van der Waals surface area contributed by atoms with Gasteiger partial charge in [0.15, 0.2) is 11.9 Å². The normalized spacial score (nSPS) is 29.1. The second-order valence-electron chi connectivity index (χ2n) is 3.32. The van der Waals surface area contributed by atoms with Gasteiger partial charge in [0.1, 0.15) is 0 Å². The van der Waals surface area contributed by atoms with Crippen molar-refractivity contribution in [1.82, 2.24) is 0 Å². The summed E-state index contributed by atoms with van der Waals surface area (Å²) < 4.78 is 5.16. The summed E-state index contributed by atoms with van der Waals surface area (Å²) in [5.41, 5.74) is 0. The lowest BCUT2D eigenvalue weighted by Crippen LogP contribution is -2.27. The maximum absolute atomic E-state index is 11.0. The van der Waals surface area contributed by atoms with E-state index in [1.54, 1.807) is 13.2 Å². The van der Waals surface area contributed by atoms with E-state index in [4.69, 9.17) is 4.74 Å². The fraction of sp³-hybridized carbons (Fsp3) is 0.667. The second-order valence-corrected chi connectivity index (χ2v) is 3.32. The van der Waals surface area contributed by atoms with Gasteiger partial charge in [-0.15, -0.1) is 0 Å². The minimum Gasteiger partial charge on any atom is -0.490 e. The van der Waals surface area contributed by atoms with Crippen LogP contribution in [0.25, 0.3) is 0 Å². The van der Waals surface area contributed by atoms with Gasteiger partial charge in [-0.3, -0.25) is 4.79 Å². The van der Waals surface area contributed by atoms with Gasteiger partial charge in [0.05, 0.1) is 6.26 Å². The lowest BCUT2D eigenvalue weighted by Gasteiger charge is -2.18. The van der Waals surface area contributed by atoms with Crippen molar-refractivity contribution >= 4 is 5.78 Å². The van der Waals surface area contributed by atoms with Crippen LogP contribution < -0.4 is 0 Å². The minimum absolute atomic E-state index is 0.119. The Morgan fingerprint density at radius 2 is 2.18 bits per heavy atom. The van der Waals surface area contributed by atoms with Gasteiger partial charge in [-0.2, -0.15) is 0 Å². The van der Waals surface area contributed by atoms with Crippen LogP contribution in [-0.4, -0.2) is 11.9 Å². The van der Waals surface area contributed by atoms with E-state index < -0.39 is 0 Å². The molecule has 0 spiro atoms. The Bertz CT molecular complexity index is 182. The van der Waals surface area contributed by atoms with Crippen molar-refractivity contribution in [2.24, 2.45) is 11.8 Å². The monoisotopic (exact) mass is 154 g/mol. The lowest BCUT2D eigenvalue weighted by molar-refractivity contribution is -0.126. The zero-order chi connectivity index (χ0) is 8.43. The molecule has 0 aromatic heterocycles. The Kier molecular flexibility index (Phi) is 2.32. The van der Waals surface area contributed by atoms with Gasteiger partial charge in [-0.1, -0.05) is 13.8 Å². The Labute approximate surface area is 67.2 Å². The van der Waals surface area contributed by atoms with Crippen molar-refractivity contribution in [3.8, 4) is 0 Å². The first-order chi connectivity index (χ1) is 5.13. The summed E-state index contributed by atoms with van der Waals surface area (Å²) in [6, 6.07) is 0. The van der Waals surface area contributed by atoms with Gasteiger partial charge in [0, 0.05) is 5.92 Å². The van der Waals surface area contributed by atoms with Crippen LogP contribution in [0, 0.1) is 11.8 Å². The number of hydrogen-bond donors (Lipinski definition) is 0. The van der Waals surface area contributed by atoms with Gasteiger partial charge in [0.2, 0.25) is 0 Å². The zero-order valence-corrected chi connectivity index (χ0v) is 7.20. The predicted octanol–water partition coefficient (Wildman–Crippen LogP) is 1.76. The summed E-state index contributed by atoms with van der Waals surface area (Å²) in [6.45, 7) is 5.77. The topological polar surface area (TPSA) is 26.3 Å². The molecule has 1 aliphatic rings. The van der Waals surface area contributed by atoms with E-state index in [1.807, 2.05) is 6.08 Å². The summed E-state index contributed by atoms with van der Waals surface area (Å²) in [7, 11) is 0. The first-order valence-electron chi connectivity index (χ1n) is 3.95. The quantitative estimate of drug-likeness (QED) is 0.605. The number of rotatable bonds is 2. The van der Waals surface area contributed by atoms with Crippen LogP contribution in [0.3, 0.4) is 0 Å². The maximum atomic E-state index is 11.0. The molecule has 1 rings (SSSR count). The zero-order valence-electron chi connectivity index (χ0n) is 7.20. The number of Topliss-reactive ketones (excluding diaryl/α,β-unsaturated/α-hetero) is 1. The number of hydrogen-bond acceptors (Lipinski definition) is 2. The molecule has 1 aliphatic heterocycles. The summed E-state index contributed by atoms with van der Waals surface area (Å²) in [5.74, 6) is 0.865. The van der Waals surface area contributed by atoms with E-state index in [0.717, 1.165) is 0 Å². The molecule has 0 saturated heterocycles. The van der Waals surface area contributed by atoms with Crippen molar-refractivity contribution in [2.45, 2.75) is 26.9 Å². The molecule has 2 nitrogen and oxygen atoms in total. The second kappa shape index (κ2) is 3.07. The van der Waals surface area contributed by atoms with E-state index >= 15 is 0 Å². The van der Waals surface area contributed by atoms with Gasteiger partial charge in [-0.25, -0.2) is 0 Å². The van der Waals surface area contributed by atoms with Crippen molar-refractivity contribution in [3.05, 3.63) is 12.3 Å². The van der Waals surface area contributed by atoms with Crippen LogP contribution in [0.5, 0.6) is 0 Å². The predicted molar refractivity (Wildman–Crippen MR) is 43.0 cm³/mol. The SMILES string of the molecule is CC(=O)C1OC=CC1C(C)C. The molecule has 0 amide bonds. The number of carbonyl (C=O) groups excluding carboxylic acids is 1. The van der Waals surface area contributed by atoms with Crippen LogP contribution in [0.4, 0.5) is 0 Å². The summed E-state index contributed by atoms with van der Waals surface area (Å²) >= 11 is 0. The standard InChI is InChI=1S/C9H14O2/c1-6(2)8-4-5-11-9(8)7(3)10/h4-6,8-9H,1-3H3. The molecule has 2 heteroatoms. The van der Waals surface area contributed by atoms with E-state index in [-0.39, 0.29) is 17.8 Å². The van der Waals surface area contributed by atoms with Gasteiger partial charge in [-0.05, 0) is 18.9 Å². The van der Waals surface area contributed by atoms with Crippen molar-refractivity contribution < 1.29 is 9.53 Å². The smallest absolute Gasteiger partial charge is 0.170 e. The molecular weight excluding hydrogens is 140 g/mol. The van der Waals surface area contributed by atoms with Crippen LogP contribution in [-0.2, 0) is 9.53 Å². The van der Waals surface area contributed by atoms with Crippen molar-refractivity contribution in [3.63, 3.8) is 0 Å². The molecule has 0 aromatic rings. The largest absolute Gasteiger partial charge is 0.490 e. The number of carbonyl (C=O) groups is 1. The third-order valence-corrected chi connectivity index (χ3v) is 2.05. The summed E-state index contributed by atoms with van der Waals surface area (Å²) in [4.78, 5) is 11.0. The highest BCUT2D eigenvalue weighted by atomic mass is 16.5. The highest BCUT2D eigenvalue weighted by Gasteiger charge is 2.30. The fourth-order valence-corrected chi connectivity index (χ4v) is 1.35. The van der Waals surface area contributed by atoms with E-state index in [2.05, 4.69) is 13.8 Å².